The lowest BCUT2D eigenvalue weighted by Crippen LogP contribution is -2.41. The number of amides is 2. The molecule has 0 radical (unpaired) electrons. The molecular formula is C10H16INO2. The van der Waals surface area contributed by atoms with Gasteiger partial charge < -0.3 is 0 Å². The second-order valence-electron chi connectivity index (χ2n) is 3.92. The van der Waals surface area contributed by atoms with Crippen molar-refractivity contribution in [1.82, 2.24) is 3.11 Å². The van der Waals surface area contributed by atoms with E-state index in [1.807, 2.05) is 22.9 Å². The largest absolute Gasteiger partial charge is 0.274 e. The van der Waals surface area contributed by atoms with Gasteiger partial charge in [-0.3, -0.25) is 9.59 Å². The molecule has 2 atom stereocenters. The maximum atomic E-state index is 11.7. The van der Waals surface area contributed by atoms with Crippen LogP contribution < -0.4 is 0 Å². The Morgan fingerprint density at radius 3 is 2.79 bits per heavy atom. The van der Waals surface area contributed by atoms with Gasteiger partial charge in [-0.1, -0.05) is 26.7 Å². The molecule has 1 saturated heterocycles. The molecule has 0 N–H and O–H groups in total. The first-order valence-electron chi connectivity index (χ1n) is 5.10. The number of nitrogens with zero attached hydrogens (tertiary/aromatic N) is 1. The second kappa shape index (κ2) is 5.09. The maximum absolute atomic E-state index is 11.7. The molecule has 14 heavy (non-hydrogen) atoms. The van der Waals surface area contributed by atoms with E-state index in [2.05, 4.69) is 13.8 Å². The fourth-order valence-electron chi connectivity index (χ4n) is 1.95. The van der Waals surface area contributed by atoms with Gasteiger partial charge in [0, 0.05) is 12.3 Å². The number of carbonyl (C=O) groups excluding carboxylic acids is 2. The lowest BCUT2D eigenvalue weighted by Gasteiger charge is -2.29. The number of hydrogen-bond acceptors (Lipinski definition) is 2. The van der Waals surface area contributed by atoms with Crippen molar-refractivity contribution in [3.63, 3.8) is 0 Å². The molecule has 0 aromatic carbocycles. The summed E-state index contributed by atoms with van der Waals surface area (Å²) in [7, 11) is 0. The molecule has 0 aromatic heterocycles. The molecule has 3 nitrogen and oxygen atoms in total. The van der Waals surface area contributed by atoms with E-state index in [0.717, 1.165) is 19.3 Å². The standard InChI is InChI=1S/C10H16INO2/c1-3-4-7(2)8-5-6-9(13)12(11)10(8)14/h7-8H,3-6H2,1-2H3. The lowest BCUT2D eigenvalue weighted by atomic mass is 9.84. The molecule has 0 bridgehead atoms. The smallest absolute Gasteiger partial charge is 0.241 e. The van der Waals surface area contributed by atoms with Crippen LogP contribution in [-0.2, 0) is 9.59 Å². The summed E-state index contributed by atoms with van der Waals surface area (Å²) >= 11 is 1.82. The summed E-state index contributed by atoms with van der Waals surface area (Å²) in [5, 5.41) is 0. The van der Waals surface area contributed by atoms with E-state index in [1.165, 1.54) is 3.11 Å². The summed E-state index contributed by atoms with van der Waals surface area (Å²) in [6, 6.07) is 0. The molecule has 0 aliphatic carbocycles. The fraction of sp³-hybridized carbons (Fsp3) is 0.800. The summed E-state index contributed by atoms with van der Waals surface area (Å²) in [5.41, 5.74) is 0. The zero-order valence-corrected chi connectivity index (χ0v) is 10.8. The fourth-order valence-corrected chi connectivity index (χ4v) is 2.55. The molecule has 1 heterocycles. The highest BCUT2D eigenvalue weighted by atomic mass is 127. The molecule has 4 heteroatoms. The number of hydrogen-bond donors (Lipinski definition) is 0. The molecule has 0 aromatic rings. The first-order valence-corrected chi connectivity index (χ1v) is 6.07. The van der Waals surface area contributed by atoms with Crippen LogP contribution >= 0.6 is 22.9 Å². The normalized spacial score (nSPS) is 25.4. The van der Waals surface area contributed by atoms with Crippen LogP contribution in [0.15, 0.2) is 0 Å². The Labute approximate surface area is 98.7 Å². The number of rotatable bonds is 3. The van der Waals surface area contributed by atoms with E-state index >= 15 is 0 Å². The number of imide groups is 1. The van der Waals surface area contributed by atoms with Crippen molar-refractivity contribution in [3.8, 4) is 0 Å². The zero-order valence-electron chi connectivity index (χ0n) is 8.62. The Balaban J connectivity index is 2.63. The maximum Gasteiger partial charge on any atom is 0.241 e. The second-order valence-corrected chi connectivity index (χ2v) is 4.89. The summed E-state index contributed by atoms with van der Waals surface area (Å²) < 4.78 is 1.26. The van der Waals surface area contributed by atoms with Gasteiger partial charge in [-0.05, 0) is 12.3 Å². The van der Waals surface area contributed by atoms with Gasteiger partial charge in [0.15, 0.2) is 0 Å². The summed E-state index contributed by atoms with van der Waals surface area (Å²) in [6.45, 7) is 4.23. The molecule has 1 aliphatic heterocycles. The van der Waals surface area contributed by atoms with Crippen molar-refractivity contribution in [2.75, 3.05) is 0 Å². The Morgan fingerprint density at radius 2 is 2.21 bits per heavy atom. The number of carbonyl (C=O) groups is 2. The third kappa shape index (κ3) is 2.46. The van der Waals surface area contributed by atoms with Crippen molar-refractivity contribution in [3.05, 3.63) is 0 Å². The van der Waals surface area contributed by atoms with Crippen molar-refractivity contribution < 1.29 is 9.59 Å². The average molecular weight is 309 g/mol. The predicted molar refractivity (Wildman–Crippen MR) is 62.7 cm³/mol. The number of piperidine rings is 1. The van der Waals surface area contributed by atoms with Crippen LogP contribution in [0.4, 0.5) is 0 Å². The van der Waals surface area contributed by atoms with Gasteiger partial charge >= 0.3 is 0 Å². The van der Waals surface area contributed by atoms with E-state index in [0.29, 0.717) is 12.3 Å². The van der Waals surface area contributed by atoms with Crippen molar-refractivity contribution in [2.45, 2.75) is 39.5 Å². The van der Waals surface area contributed by atoms with Gasteiger partial charge in [-0.25, -0.2) is 3.11 Å². The molecule has 0 spiro atoms. The van der Waals surface area contributed by atoms with E-state index < -0.39 is 0 Å². The van der Waals surface area contributed by atoms with Gasteiger partial charge in [0.05, 0.1) is 22.9 Å². The Kier molecular flexibility index (Phi) is 4.34. The first-order chi connectivity index (χ1) is 6.57. The monoisotopic (exact) mass is 309 g/mol. The summed E-state index contributed by atoms with van der Waals surface area (Å²) in [5.74, 6) is 0.417. The minimum absolute atomic E-state index is 0.00259. The van der Waals surface area contributed by atoms with Gasteiger partial charge in [-0.15, -0.1) is 0 Å². The first kappa shape index (κ1) is 11.9. The number of halogens is 1. The topological polar surface area (TPSA) is 37.4 Å². The van der Waals surface area contributed by atoms with Gasteiger partial charge in [-0.2, -0.15) is 0 Å². The molecule has 2 amide bonds. The molecule has 1 aliphatic rings. The molecule has 0 saturated carbocycles. The Bertz CT molecular complexity index is 242. The minimum Gasteiger partial charge on any atom is -0.274 e. The van der Waals surface area contributed by atoms with E-state index in [1.54, 1.807) is 0 Å². The highest BCUT2D eigenvalue weighted by Gasteiger charge is 2.35. The van der Waals surface area contributed by atoms with Crippen LogP contribution in [-0.4, -0.2) is 14.9 Å². The summed E-state index contributed by atoms with van der Waals surface area (Å²) in [6.07, 6.45) is 3.42. The van der Waals surface area contributed by atoms with E-state index in [9.17, 15) is 9.59 Å². The molecule has 1 fully saturated rings. The molecule has 80 valence electrons. The van der Waals surface area contributed by atoms with Crippen LogP contribution in [0.5, 0.6) is 0 Å². The highest BCUT2D eigenvalue weighted by molar-refractivity contribution is 14.1. The van der Waals surface area contributed by atoms with Gasteiger partial charge in [0.2, 0.25) is 11.8 Å². The van der Waals surface area contributed by atoms with Crippen molar-refractivity contribution >= 4 is 34.7 Å². The van der Waals surface area contributed by atoms with Crippen LogP contribution in [0.25, 0.3) is 0 Å². The average Bonchev–Trinajstić information content (AvgIpc) is 2.15. The highest BCUT2D eigenvalue weighted by Crippen LogP contribution is 2.30. The van der Waals surface area contributed by atoms with Crippen molar-refractivity contribution in [2.24, 2.45) is 11.8 Å². The lowest BCUT2D eigenvalue weighted by molar-refractivity contribution is -0.144. The Morgan fingerprint density at radius 1 is 1.57 bits per heavy atom. The predicted octanol–water partition coefficient (Wildman–Crippen LogP) is 2.54. The van der Waals surface area contributed by atoms with E-state index in [4.69, 9.17) is 0 Å². The minimum atomic E-state index is -0.0458. The SMILES string of the molecule is CCCC(C)C1CCC(=O)N(I)C1=O. The van der Waals surface area contributed by atoms with E-state index in [-0.39, 0.29) is 17.7 Å². The molecule has 2 unspecified atom stereocenters. The van der Waals surface area contributed by atoms with Crippen LogP contribution in [0.1, 0.15) is 39.5 Å². The van der Waals surface area contributed by atoms with Crippen molar-refractivity contribution in [1.29, 1.82) is 0 Å². The Hall–Kier alpha value is -0.130. The third-order valence-corrected chi connectivity index (χ3v) is 3.84. The quantitative estimate of drug-likeness (QED) is 0.456. The van der Waals surface area contributed by atoms with Crippen LogP contribution in [0, 0.1) is 11.8 Å². The van der Waals surface area contributed by atoms with Gasteiger partial charge in [0.1, 0.15) is 0 Å². The van der Waals surface area contributed by atoms with Gasteiger partial charge in [0.25, 0.3) is 0 Å². The molecule has 1 rings (SSSR count). The van der Waals surface area contributed by atoms with Crippen LogP contribution in [0.2, 0.25) is 0 Å². The molecular weight excluding hydrogens is 293 g/mol. The van der Waals surface area contributed by atoms with Crippen LogP contribution in [0.3, 0.4) is 0 Å². The zero-order chi connectivity index (χ0) is 10.7. The summed E-state index contributed by atoms with van der Waals surface area (Å²) in [4.78, 5) is 23.0. The third-order valence-electron chi connectivity index (χ3n) is 2.83.